The Balaban J connectivity index is 2.17. The molecule has 1 heterocycles. The third-order valence-corrected chi connectivity index (χ3v) is 4.90. The zero-order valence-corrected chi connectivity index (χ0v) is 15.4. The molecule has 132 valence electrons. The van der Waals surface area contributed by atoms with Crippen molar-refractivity contribution in [2.24, 2.45) is 0 Å². The number of ketones is 1. The summed E-state index contributed by atoms with van der Waals surface area (Å²) >= 11 is 6.43. The van der Waals surface area contributed by atoms with Gasteiger partial charge in [-0.3, -0.25) is 4.79 Å². The number of carbonyl (C=O) groups is 2. The van der Waals surface area contributed by atoms with Crippen LogP contribution in [0, 0.1) is 0 Å². The molecular weight excluding hydrogens is 338 g/mol. The van der Waals surface area contributed by atoms with Gasteiger partial charge in [0.2, 0.25) is 0 Å². The first-order valence-electron chi connectivity index (χ1n) is 8.59. The Hall–Kier alpha value is -2.07. The lowest BCUT2D eigenvalue weighted by molar-refractivity contribution is -0.143. The molecule has 25 heavy (non-hydrogen) atoms. The Kier molecular flexibility index (Phi) is 5.00. The van der Waals surface area contributed by atoms with Crippen LogP contribution in [0.5, 0.6) is 0 Å². The summed E-state index contributed by atoms with van der Waals surface area (Å²) in [6.07, 6.45) is 1.87. The van der Waals surface area contributed by atoms with E-state index in [0.717, 1.165) is 29.8 Å². The van der Waals surface area contributed by atoms with E-state index >= 15 is 0 Å². The maximum absolute atomic E-state index is 12.8. The fourth-order valence-corrected chi connectivity index (χ4v) is 3.80. The maximum Gasteiger partial charge on any atom is 0.337 e. The van der Waals surface area contributed by atoms with Crippen LogP contribution >= 0.6 is 11.6 Å². The van der Waals surface area contributed by atoms with Crippen molar-refractivity contribution in [2.45, 2.75) is 52.1 Å². The van der Waals surface area contributed by atoms with Gasteiger partial charge in [0.25, 0.3) is 0 Å². The molecule has 1 aliphatic carbocycles. The van der Waals surface area contributed by atoms with Crippen LogP contribution in [0.2, 0.25) is 5.02 Å². The molecule has 3 rings (SSSR count). The van der Waals surface area contributed by atoms with Crippen LogP contribution in [0.25, 0.3) is 0 Å². The highest BCUT2D eigenvalue weighted by molar-refractivity contribution is 6.31. The van der Waals surface area contributed by atoms with Crippen molar-refractivity contribution in [3.8, 4) is 0 Å². The van der Waals surface area contributed by atoms with Crippen molar-refractivity contribution in [1.29, 1.82) is 0 Å². The molecule has 0 aromatic heterocycles. The number of nitrogens with one attached hydrogen (secondary N) is 1. The van der Waals surface area contributed by atoms with Crippen LogP contribution in [-0.2, 0) is 14.3 Å². The lowest BCUT2D eigenvalue weighted by atomic mass is 9.75. The molecule has 1 aromatic carbocycles. The summed E-state index contributed by atoms with van der Waals surface area (Å²) in [4.78, 5) is 25.5. The highest BCUT2D eigenvalue weighted by atomic mass is 35.5. The number of hydrogen-bond acceptors (Lipinski definition) is 4. The fourth-order valence-electron chi connectivity index (χ4n) is 3.55. The zero-order chi connectivity index (χ0) is 18.1. The highest BCUT2D eigenvalue weighted by Crippen LogP contribution is 2.44. The predicted octanol–water partition coefficient (Wildman–Crippen LogP) is 4.26. The van der Waals surface area contributed by atoms with Gasteiger partial charge in [-0.15, -0.1) is 0 Å². The molecule has 0 unspecified atom stereocenters. The van der Waals surface area contributed by atoms with Gasteiger partial charge in [0.15, 0.2) is 5.78 Å². The van der Waals surface area contributed by atoms with Gasteiger partial charge in [-0.2, -0.15) is 0 Å². The quantitative estimate of drug-likeness (QED) is 0.819. The normalized spacial score (nSPS) is 20.5. The topological polar surface area (TPSA) is 55.4 Å². The predicted molar refractivity (Wildman–Crippen MR) is 97.1 cm³/mol. The van der Waals surface area contributed by atoms with E-state index in [1.54, 1.807) is 6.07 Å². The van der Waals surface area contributed by atoms with Crippen LogP contribution in [0.3, 0.4) is 0 Å². The largest absolute Gasteiger partial charge is 0.460 e. The molecule has 0 radical (unpaired) electrons. The minimum atomic E-state index is -0.482. The molecule has 1 N–H and O–H groups in total. The van der Waals surface area contributed by atoms with Crippen LogP contribution in [0.15, 0.2) is 46.8 Å². The Morgan fingerprint density at radius 2 is 2.00 bits per heavy atom. The number of rotatable bonds is 3. The number of ether oxygens (including phenoxy) is 1. The van der Waals surface area contributed by atoms with Crippen LogP contribution in [-0.4, -0.2) is 17.9 Å². The van der Waals surface area contributed by atoms with Gasteiger partial charge in [-0.25, -0.2) is 4.79 Å². The molecule has 0 saturated heterocycles. The van der Waals surface area contributed by atoms with E-state index in [0.29, 0.717) is 22.6 Å². The molecular formula is C20H22ClNO3. The molecule has 0 saturated carbocycles. The Bertz CT molecular complexity index is 792. The second kappa shape index (κ2) is 7.04. The number of esters is 1. The first-order chi connectivity index (χ1) is 11.9. The Morgan fingerprint density at radius 1 is 1.28 bits per heavy atom. The Labute approximate surface area is 152 Å². The Morgan fingerprint density at radius 3 is 2.68 bits per heavy atom. The second-order valence-electron chi connectivity index (χ2n) is 6.74. The van der Waals surface area contributed by atoms with Gasteiger partial charge in [-0.05, 0) is 45.2 Å². The number of carbonyl (C=O) groups excluding carboxylic acids is 2. The van der Waals surface area contributed by atoms with Gasteiger partial charge in [0.1, 0.15) is 0 Å². The number of hydrogen-bond donors (Lipinski definition) is 1. The average molecular weight is 360 g/mol. The van der Waals surface area contributed by atoms with E-state index in [9.17, 15) is 9.59 Å². The lowest BCUT2D eigenvalue weighted by Crippen LogP contribution is -2.35. The van der Waals surface area contributed by atoms with Gasteiger partial charge < -0.3 is 10.1 Å². The molecule has 0 fully saturated rings. The maximum atomic E-state index is 12.8. The summed E-state index contributed by atoms with van der Waals surface area (Å²) < 4.78 is 5.45. The molecule has 1 aliphatic heterocycles. The van der Waals surface area contributed by atoms with Gasteiger partial charge in [-0.1, -0.05) is 29.8 Å². The van der Waals surface area contributed by atoms with Crippen LogP contribution < -0.4 is 5.32 Å². The van der Waals surface area contributed by atoms with Crippen LogP contribution in [0.1, 0.15) is 51.5 Å². The molecule has 0 bridgehead atoms. The number of dihydropyridines is 1. The molecule has 5 heteroatoms. The molecule has 0 spiro atoms. The van der Waals surface area contributed by atoms with E-state index in [4.69, 9.17) is 16.3 Å². The van der Waals surface area contributed by atoms with Crippen molar-refractivity contribution in [1.82, 2.24) is 5.32 Å². The average Bonchev–Trinajstić information content (AvgIpc) is 2.53. The SMILES string of the molecule is CC1=C(C(=O)OC(C)C)[C@@H](c2ccccc2Cl)C2=C(CCCC2=O)N1. The molecule has 4 nitrogen and oxygen atoms in total. The van der Waals surface area contributed by atoms with Crippen molar-refractivity contribution >= 4 is 23.4 Å². The van der Waals surface area contributed by atoms with E-state index in [1.165, 1.54) is 0 Å². The molecule has 2 aliphatic rings. The molecule has 1 atom stereocenters. The highest BCUT2D eigenvalue weighted by Gasteiger charge is 2.39. The number of benzene rings is 1. The van der Waals surface area contributed by atoms with E-state index in [2.05, 4.69) is 5.32 Å². The van der Waals surface area contributed by atoms with Gasteiger partial charge in [0, 0.05) is 34.3 Å². The number of allylic oxidation sites excluding steroid dienone is 3. The van der Waals surface area contributed by atoms with Crippen molar-refractivity contribution < 1.29 is 14.3 Å². The number of Topliss-reactive ketones (excluding diaryl/α,β-unsaturated/α-hetero) is 1. The van der Waals surface area contributed by atoms with Crippen LogP contribution in [0.4, 0.5) is 0 Å². The molecule has 0 amide bonds. The summed E-state index contributed by atoms with van der Waals surface area (Å²) in [6, 6.07) is 7.37. The van der Waals surface area contributed by atoms with Crippen molar-refractivity contribution in [3.63, 3.8) is 0 Å². The van der Waals surface area contributed by atoms with Gasteiger partial charge in [0.05, 0.1) is 11.7 Å². The third kappa shape index (κ3) is 3.36. The minimum absolute atomic E-state index is 0.0704. The standard InChI is InChI=1S/C20H22ClNO3/c1-11(2)25-20(24)17-12(3)22-15-9-6-10-16(23)19(15)18(17)13-7-4-5-8-14(13)21/h4-5,7-8,11,18,22H,6,9-10H2,1-3H3/t18-/m1/s1. The minimum Gasteiger partial charge on any atom is -0.460 e. The lowest BCUT2D eigenvalue weighted by Gasteiger charge is -2.34. The molecule has 1 aromatic rings. The smallest absolute Gasteiger partial charge is 0.337 e. The summed E-state index contributed by atoms with van der Waals surface area (Å²) in [6.45, 7) is 5.47. The van der Waals surface area contributed by atoms with Crippen molar-refractivity contribution in [3.05, 3.63) is 57.4 Å². The third-order valence-electron chi connectivity index (χ3n) is 4.55. The fraction of sp³-hybridized carbons (Fsp3) is 0.400. The van der Waals surface area contributed by atoms with Gasteiger partial charge >= 0.3 is 5.97 Å². The summed E-state index contributed by atoms with van der Waals surface area (Å²) in [5, 5.41) is 3.81. The van der Waals surface area contributed by atoms with Crippen molar-refractivity contribution in [2.75, 3.05) is 0 Å². The number of halogens is 1. The zero-order valence-electron chi connectivity index (χ0n) is 14.7. The first-order valence-corrected chi connectivity index (χ1v) is 8.97. The van der Waals surface area contributed by atoms with E-state index in [-0.39, 0.29) is 11.9 Å². The first kappa shape index (κ1) is 17.7. The summed E-state index contributed by atoms with van der Waals surface area (Å²) in [7, 11) is 0. The monoisotopic (exact) mass is 359 g/mol. The van der Waals surface area contributed by atoms with E-state index in [1.807, 2.05) is 39.0 Å². The van der Waals surface area contributed by atoms with E-state index < -0.39 is 11.9 Å². The summed E-state index contributed by atoms with van der Waals surface area (Å²) in [5.74, 6) is -0.820. The second-order valence-corrected chi connectivity index (χ2v) is 7.15. The summed E-state index contributed by atoms with van der Waals surface area (Å²) in [5.41, 5.74) is 3.52.